The van der Waals surface area contributed by atoms with Crippen molar-refractivity contribution in [2.75, 3.05) is 5.32 Å². The Balaban J connectivity index is 1.31. The fourth-order valence-electron chi connectivity index (χ4n) is 3.04. The molecule has 4 rings (SSSR count). The molecule has 0 aliphatic carbocycles. The van der Waals surface area contributed by atoms with E-state index < -0.39 is 0 Å². The summed E-state index contributed by atoms with van der Waals surface area (Å²) in [5.41, 5.74) is 3.03. The van der Waals surface area contributed by atoms with Crippen molar-refractivity contribution in [3.8, 4) is 11.5 Å². The van der Waals surface area contributed by atoms with Crippen molar-refractivity contribution in [2.45, 2.75) is 27.3 Å². The van der Waals surface area contributed by atoms with E-state index in [0.29, 0.717) is 16.5 Å². The van der Waals surface area contributed by atoms with Gasteiger partial charge in [-0.15, -0.1) is 0 Å². The summed E-state index contributed by atoms with van der Waals surface area (Å²) in [4.78, 5) is 12.5. The second-order valence-electron chi connectivity index (χ2n) is 7.21. The number of halogens is 1. The quantitative estimate of drug-likeness (QED) is 0.420. The van der Waals surface area contributed by atoms with E-state index in [2.05, 4.69) is 21.6 Å². The summed E-state index contributed by atoms with van der Waals surface area (Å²) in [5.74, 6) is 0.990. The van der Waals surface area contributed by atoms with Gasteiger partial charge in [0.25, 0.3) is 5.91 Å². The lowest BCUT2D eigenvalue weighted by Gasteiger charge is -2.09. The maximum atomic E-state index is 12.5. The number of para-hydroxylation sites is 1. The third kappa shape index (κ3) is 5.28. The summed E-state index contributed by atoms with van der Waals surface area (Å²) < 4.78 is 14.5. The largest absolute Gasteiger partial charge is 0.471 e. The predicted octanol–water partition coefficient (Wildman–Crippen LogP) is 4.68. The Kier molecular flexibility index (Phi) is 6.42. The highest BCUT2D eigenvalue weighted by Crippen LogP contribution is 2.23. The first-order chi connectivity index (χ1) is 15.5. The number of nitrogens with one attached hydrogen (secondary N) is 1. The normalized spacial score (nSPS) is 10.7. The molecule has 0 saturated heterocycles. The summed E-state index contributed by atoms with van der Waals surface area (Å²) in [6.07, 6.45) is 4.91. The van der Waals surface area contributed by atoms with E-state index in [1.807, 2.05) is 38.1 Å². The maximum absolute atomic E-state index is 12.5. The number of carbonyl (C=O) groups is 1. The number of rotatable bonds is 8. The van der Waals surface area contributed by atoms with Crippen LogP contribution in [0, 0.1) is 13.8 Å². The van der Waals surface area contributed by atoms with Crippen LogP contribution in [0.3, 0.4) is 0 Å². The third-order valence-electron chi connectivity index (χ3n) is 4.64. The number of hydrogen-bond acceptors (Lipinski definition) is 5. The van der Waals surface area contributed by atoms with Gasteiger partial charge in [0.2, 0.25) is 0 Å². The number of aromatic nitrogens is 4. The molecule has 0 spiro atoms. The Bertz CT molecular complexity index is 1230. The van der Waals surface area contributed by atoms with E-state index in [1.165, 1.54) is 10.2 Å². The van der Waals surface area contributed by atoms with E-state index in [1.54, 1.807) is 41.5 Å². The van der Waals surface area contributed by atoms with Crippen molar-refractivity contribution in [1.82, 2.24) is 19.6 Å². The van der Waals surface area contributed by atoms with E-state index in [-0.39, 0.29) is 25.1 Å². The summed E-state index contributed by atoms with van der Waals surface area (Å²) in [7, 11) is 0. The van der Waals surface area contributed by atoms with Crippen LogP contribution in [0.4, 0.5) is 5.69 Å². The topological polar surface area (TPSA) is 83.2 Å². The number of aryl methyl sites for hydroxylation is 2. The number of carbonyl (C=O) groups excluding carboxylic acids is 1. The molecule has 0 radical (unpaired) electrons. The van der Waals surface area contributed by atoms with Crippen molar-refractivity contribution < 1.29 is 14.3 Å². The molecule has 2 aromatic heterocycles. The molecule has 1 amide bonds. The van der Waals surface area contributed by atoms with Crippen LogP contribution in [0.5, 0.6) is 11.5 Å². The van der Waals surface area contributed by atoms with Crippen LogP contribution in [0.15, 0.2) is 67.1 Å². The van der Waals surface area contributed by atoms with Crippen LogP contribution in [0.2, 0.25) is 5.02 Å². The van der Waals surface area contributed by atoms with Crippen LogP contribution in [-0.4, -0.2) is 25.5 Å². The molecule has 164 valence electrons. The molecular weight excluding hydrogens is 430 g/mol. The van der Waals surface area contributed by atoms with Gasteiger partial charge in [0, 0.05) is 6.20 Å². The van der Waals surface area contributed by atoms with Crippen molar-refractivity contribution in [3.05, 3.63) is 89.0 Å². The van der Waals surface area contributed by atoms with Gasteiger partial charge in [0.15, 0.2) is 19.2 Å². The molecule has 0 aliphatic heterocycles. The molecule has 2 heterocycles. The molecule has 8 nitrogen and oxygen atoms in total. The Morgan fingerprint density at radius 1 is 1.03 bits per heavy atom. The van der Waals surface area contributed by atoms with Crippen molar-refractivity contribution in [1.29, 1.82) is 0 Å². The van der Waals surface area contributed by atoms with Crippen LogP contribution >= 0.6 is 11.6 Å². The minimum absolute atomic E-state index is 0.130. The molecule has 0 unspecified atom stereocenters. The Morgan fingerprint density at radius 2 is 1.81 bits per heavy atom. The van der Waals surface area contributed by atoms with Crippen LogP contribution < -0.4 is 14.8 Å². The maximum Gasteiger partial charge on any atom is 0.276 e. The highest BCUT2D eigenvalue weighted by molar-refractivity contribution is 6.32. The van der Waals surface area contributed by atoms with Crippen molar-refractivity contribution >= 4 is 23.2 Å². The fourth-order valence-corrected chi connectivity index (χ4v) is 3.23. The predicted molar refractivity (Wildman–Crippen MR) is 121 cm³/mol. The summed E-state index contributed by atoms with van der Waals surface area (Å²) >= 11 is 6.07. The molecule has 9 heteroatoms. The van der Waals surface area contributed by atoms with Crippen LogP contribution in [-0.2, 0) is 13.5 Å². The minimum atomic E-state index is -0.351. The standard InChI is InChI=1S/C23H22ClN5O3/c1-16-7-8-21(17(2)11-16)31-15-29-13-18(12-25-29)26-23(30)20-9-10-28(27-20)14-32-22-6-4-3-5-19(22)24/h3-13H,14-15H2,1-2H3,(H,26,30). The highest BCUT2D eigenvalue weighted by Gasteiger charge is 2.12. The first-order valence-corrected chi connectivity index (χ1v) is 10.3. The first kappa shape index (κ1) is 21.5. The first-order valence-electron chi connectivity index (χ1n) is 9.92. The Morgan fingerprint density at radius 3 is 2.62 bits per heavy atom. The number of hydrogen-bond donors (Lipinski definition) is 1. The van der Waals surface area contributed by atoms with Gasteiger partial charge in [-0.05, 0) is 43.7 Å². The Hall–Kier alpha value is -3.78. The minimum Gasteiger partial charge on any atom is -0.471 e. The lowest BCUT2D eigenvalue weighted by Crippen LogP contribution is -2.14. The van der Waals surface area contributed by atoms with Gasteiger partial charge in [0.1, 0.15) is 11.5 Å². The lowest BCUT2D eigenvalue weighted by molar-refractivity contribution is 0.102. The zero-order chi connectivity index (χ0) is 22.5. The molecule has 32 heavy (non-hydrogen) atoms. The molecule has 2 aromatic carbocycles. The van der Waals surface area contributed by atoms with E-state index >= 15 is 0 Å². The number of amides is 1. The van der Waals surface area contributed by atoms with E-state index in [9.17, 15) is 4.79 Å². The van der Waals surface area contributed by atoms with Crippen LogP contribution in [0.1, 0.15) is 21.6 Å². The number of ether oxygens (including phenoxy) is 2. The van der Waals surface area contributed by atoms with Gasteiger partial charge in [-0.25, -0.2) is 9.36 Å². The number of benzene rings is 2. The second-order valence-corrected chi connectivity index (χ2v) is 7.62. The van der Waals surface area contributed by atoms with E-state index in [0.717, 1.165) is 11.3 Å². The van der Waals surface area contributed by atoms with Gasteiger partial charge < -0.3 is 14.8 Å². The molecule has 0 bridgehead atoms. The highest BCUT2D eigenvalue weighted by atomic mass is 35.5. The second kappa shape index (κ2) is 9.57. The van der Waals surface area contributed by atoms with Crippen molar-refractivity contribution in [2.24, 2.45) is 0 Å². The molecular formula is C23H22ClN5O3. The smallest absolute Gasteiger partial charge is 0.276 e. The summed E-state index contributed by atoms with van der Waals surface area (Å²) in [6, 6.07) is 14.8. The summed E-state index contributed by atoms with van der Waals surface area (Å²) in [5, 5.41) is 11.7. The van der Waals surface area contributed by atoms with Crippen LogP contribution in [0.25, 0.3) is 0 Å². The number of anilines is 1. The third-order valence-corrected chi connectivity index (χ3v) is 4.95. The van der Waals surface area contributed by atoms with Crippen molar-refractivity contribution in [3.63, 3.8) is 0 Å². The van der Waals surface area contributed by atoms with Gasteiger partial charge in [-0.2, -0.15) is 10.2 Å². The van der Waals surface area contributed by atoms with Gasteiger partial charge in [-0.1, -0.05) is 41.4 Å². The van der Waals surface area contributed by atoms with Gasteiger partial charge in [-0.3, -0.25) is 4.79 Å². The van der Waals surface area contributed by atoms with Gasteiger partial charge >= 0.3 is 0 Å². The van der Waals surface area contributed by atoms with Gasteiger partial charge in [0.05, 0.1) is 23.1 Å². The molecule has 0 saturated carbocycles. The molecule has 0 aliphatic rings. The molecule has 0 fully saturated rings. The fraction of sp³-hybridized carbons (Fsp3) is 0.174. The van der Waals surface area contributed by atoms with E-state index in [4.69, 9.17) is 21.1 Å². The molecule has 4 aromatic rings. The average Bonchev–Trinajstić information content (AvgIpc) is 3.42. The zero-order valence-electron chi connectivity index (χ0n) is 17.7. The summed E-state index contributed by atoms with van der Waals surface area (Å²) in [6.45, 7) is 4.39. The SMILES string of the molecule is Cc1ccc(OCn2cc(NC(=O)c3ccn(COc4ccccc4Cl)n3)cn2)c(C)c1. The lowest BCUT2D eigenvalue weighted by atomic mass is 10.1. The number of nitrogens with zero attached hydrogens (tertiary/aromatic N) is 4. The monoisotopic (exact) mass is 451 g/mol. The molecule has 0 atom stereocenters. The average molecular weight is 452 g/mol. The molecule has 1 N–H and O–H groups in total. The Labute approximate surface area is 190 Å². The zero-order valence-corrected chi connectivity index (χ0v) is 18.4.